The van der Waals surface area contributed by atoms with Gasteiger partial charge in [0.1, 0.15) is 23.9 Å². The summed E-state index contributed by atoms with van der Waals surface area (Å²) in [7, 11) is 0. The van der Waals surface area contributed by atoms with Crippen LogP contribution in [0.1, 0.15) is 28.8 Å². The smallest absolute Gasteiger partial charge is 0.327 e. The Bertz CT molecular complexity index is 1210. The molecular weight excluding hydrogens is 344 g/mol. The van der Waals surface area contributed by atoms with Gasteiger partial charge in [-0.2, -0.15) is 0 Å². The van der Waals surface area contributed by atoms with Crippen molar-refractivity contribution in [1.82, 2.24) is 19.7 Å². The highest BCUT2D eigenvalue weighted by Gasteiger charge is 2.31. The highest BCUT2D eigenvalue weighted by molar-refractivity contribution is 5.94. The molecule has 1 aliphatic rings. The van der Waals surface area contributed by atoms with Crippen molar-refractivity contribution in [2.24, 2.45) is 0 Å². The van der Waals surface area contributed by atoms with Crippen molar-refractivity contribution in [3.63, 3.8) is 0 Å². The zero-order chi connectivity index (χ0) is 18.7. The lowest BCUT2D eigenvalue weighted by Crippen LogP contribution is -2.31. The van der Waals surface area contributed by atoms with Gasteiger partial charge in [-0.1, -0.05) is 11.2 Å². The van der Waals surface area contributed by atoms with E-state index in [0.717, 1.165) is 44.9 Å². The molecule has 1 unspecified atom stereocenters. The molecule has 7 nitrogen and oxygen atoms in total. The number of hydrogen-bond donors (Lipinski definition) is 1. The summed E-state index contributed by atoms with van der Waals surface area (Å²) in [5, 5.41) is 4.07. The molecule has 27 heavy (non-hydrogen) atoms. The molecule has 0 radical (unpaired) electrons. The van der Waals surface area contributed by atoms with Crippen molar-refractivity contribution < 1.29 is 9.26 Å². The average molecular weight is 362 g/mol. The first-order chi connectivity index (χ1) is 13.1. The molecule has 0 fully saturated rings. The van der Waals surface area contributed by atoms with E-state index in [-0.39, 0.29) is 11.7 Å². The predicted octanol–water partition coefficient (Wildman–Crippen LogP) is 3.29. The molecule has 4 heterocycles. The maximum Gasteiger partial charge on any atom is 0.327 e. The third-order valence-corrected chi connectivity index (χ3v) is 5.17. The molecule has 0 spiro atoms. The molecule has 4 aromatic rings. The van der Waals surface area contributed by atoms with Crippen LogP contribution in [0.4, 0.5) is 0 Å². The van der Waals surface area contributed by atoms with E-state index in [1.165, 1.54) is 0 Å². The van der Waals surface area contributed by atoms with Gasteiger partial charge in [0.05, 0.1) is 22.5 Å². The van der Waals surface area contributed by atoms with Crippen LogP contribution in [-0.2, 0) is 0 Å². The van der Waals surface area contributed by atoms with Crippen molar-refractivity contribution >= 4 is 11.0 Å². The van der Waals surface area contributed by atoms with Gasteiger partial charge >= 0.3 is 5.69 Å². The zero-order valence-corrected chi connectivity index (χ0v) is 15.2. The second-order valence-corrected chi connectivity index (χ2v) is 6.87. The van der Waals surface area contributed by atoms with Gasteiger partial charge in [0.15, 0.2) is 5.75 Å². The Morgan fingerprint density at radius 1 is 1.26 bits per heavy atom. The van der Waals surface area contributed by atoms with Gasteiger partial charge in [0.25, 0.3) is 0 Å². The Labute approximate surface area is 154 Å². The quantitative estimate of drug-likeness (QED) is 0.591. The molecule has 1 atom stereocenters. The lowest BCUT2D eigenvalue weighted by atomic mass is 9.98. The van der Waals surface area contributed by atoms with Crippen LogP contribution < -0.4 is 10.4 Å². The lowest BCUT2D eigenvalue weighted by Gasteiger charge is -2.26. The first-order valence-corrected chi connectivity index (χ1v) is 8.81. The summed E-state index contributed by atoms with van der Waals surface area (Å²) >= 11 is 0. The zero-order valence-electron chi connectivity index (χ0n) is 15.2. The number of ether oxygens (including phenoxy) is 1. The number of benzene rings is 1. The first-order valence-electron chi connectivity index (χ1n) is 8.81. The van der Waals surface area contributed by atoms with Gasteiger partial charge in [0, 0.05) is 11.8 Å². The topological polar surface area (TPSA) is 85.9 Å². The van der Waals surface area contributed by atoms with Gasteiger partial charge in [0.2, 0.25) is 0 Å². The van der Waals surface area contributed by atoms with Crippen LogP contribution in [-0.4, -0.2) is 26.3 Å². The van der Waals surface area contributed by atoms with Crippen LogP contribution >= 0.6 is 0 Å². The number of pyridine rings is 1. The van der Waals surface area contributed by atoms with Crippen molar-refractivity contribution in [2.45, 2.75) is 26.8 Å². The summed E-state index contributed by atoms with van der Waals surface area (Å²) in [5.74, 6) is 1.40. The van der Waals surface area contributed by atoms with Crippen molar-refractivity contribution in [1.29, 1.82) is 0 Å². The van der Waals surface area contributed by atoms with Gasteiger partial charge in [-0.05, 0) is 44.5 Å². The number of aromatic nitrogens is 4. The van der Waals surface area contributed by atoms with Crippen LogP contribution in [0.15, 0.2) is 39.8 Å². The van der Waals surface area contributed by atoms with Gasteiger partial charge < -0.3 is 14.2 Å². The standard InChI is InChI=1S/C20H18N4O3/c1-10-8-13(16-11(2)23-27-12(16)3)19-18-17(10)22-20(25)24(18)15(9-26-19)14-6-4-5-7-21-14/h4-8,15H,9H2,1-3H3,(H,22,25). The van der Waals surface area contributed by atoms with Crippen LogP contribution in [0.2, 0.25) is 0 Å². The number of nitrogens with one attached hydrogen (secondary N) is 1. The summed E-state index contributed by atoms with van der Waals surface area (Å²) in [6, 6.07) is 7.43. The molecule has 0 saturated carbocycles. The molecule has 1 N–H and O–H groups in total. The van der Waals surface area contributed by atoms with Gasteiger partial charge in [-0.3, -0.25) is 9.55 Å². The Morgan fingerprint density at radius 3 is 2.81 bits per heavy atom. The third kappa shape index (κ3) is 2.17. The minimum atomic E-state index is -0.278. The van der Waals surface area contributed by atoms with Gasteiger partial charge in [-0.15, -0.1) is 0 Å². The fourth-order valence-corrected chi connectivity index (χ4v) is 3.96. The summed E-state index contributed by atoms with van der Waals surface area (Å²) < 4.78 is 13.3. The Morgan fingerprint density at radius 2 is 2.11 bits per heavy atom. The maximum absolute atomic E-state index is 12.8. The van der Waals surface area contributed by atoms with Crippen LogP contribution in [0.25, 0.3) is 22.2 Å². The minimum Gasteiger partial charge on any atom is -0.488 e. The normalized spacial score (nSPS) is 15.9. The van der Waals surface area contributed by atoms with E-state index < -0.39 is 0 Å². The Hall–Kier alpha value is -3.35. The molecular formula is C20H18N4O3. The lowest BCUT2D eigenvalue weighted by molar-refractivity contribution is 0.255. The molecule has 0 amide bonds. The highest BCUT2D eigenvalue weighted by Crippen LogP contribution is 2.43. The van der Waals surface area contributed by atoms with E-state index in [2.05, 4.69) is 15.1 Å². The molecule has 1 aromatic carbocycles. The molecule has 136 valence electrons. The second kappa shape index (κ2) is 5.57. The fourth-order valence-electron chi connectivity index (χ4n) is 3.96. The van der Waals surface area contributed by atoms with Crippen molar-refractivity contribution in [3.8, 4) is 16.9 Å². The first kappa shape index (κ1) is 15.9. The fraction of sp³-hybridized carbons (Fsp3) is 0.250. The maximum atomic E-state index is 12.8. The van der Waals surface area contributed by atoms with Crippen molar-refractivity contribution in [2.75, 3.05) is 6.61 Å². The van der Waals surface area contributed by atoms with Crippen LogP contribution in [0, 0.1) is 20.8 Å². The monoisotopic (exact) mass is 362 g/mol. The second-order valence-electron chi connectivity index (χ2n) is 6.87. The predicted molar refractivity (Wildman–Crippen MR) is 100 cm³/mol. The number of imidazole rings is 1. The number of aryl methyl sites for hydroxylation is 3. The summed E-state index contributed by atoms with van der Waals surface area (Å²) in [4.78, 5) is 20.2. The molecule has 1 aliphatic heterocycles. The third-order valence-electron chi connectivity index (χ3n) is 5.17. The van der Waals surface area contributed by atoms with E-state index in [1.54, 1.807) is 10.8 Å². The molecule has 0 aliphatic carbocycles. The highest BCUT2D eigenvalue weighted by atomic mass is 16.5. The Balaban J connectivity index is 1.85. The van der Waals surface area contributed by atoms with Crippen LogP contribution in [0.3, 0.4) is 0 Å². The number of rotatable bonds is 2. The minimum absolute atomic E-state index is 0.163. The molecule has 7 heteroatoms. The van der Waals surface area contributed by atoms with E-state index in [4.69, 9.17) is 9.26 Å². The number of nitrogens with zero attached hydrogens (tertiary/aromatic N) is 3. The van der Waals surface area contributed by atoms with Crippen LogP contribution in [0.5, 0.6) is 5.75 Å². The number of H-pyrrole nitrogens is 1. The SMILES string of the molecule is Cc1noc(C)c1-c1cc(C)c2[nH]c(=O)n3c2c1OCC3c1ccccn1. The largest absolute Gasteiger partial charge is 0.488 e. The molecule has 5 rings (SSSR count). The number of hydrogen-bond acceptors (Lipinski definition) is 5. The molecule has 0 bridgehead atoms. The van der Waals surface area contributed by atoms with E-state index >= 15 is 0 Å². The van der Waals surface area contributed by atoms with E-state index in [9.17, 15) is 4.79 Å². The van der Waals surface area contributed by atoms with E-state index in [0.29, 0.717) is 12.4 Å². The summed E-state index contributed by atoms with van der Waals surface area (Å²) in [5.41, 5.74) is 5.74. The Kier molecular flexibility index (Phi) is 3.28. The average Bonchev–Trinajstić information content (AvgIpc) is 3.20. The van der Waals surface area contributed by atoms with E-state index in [1.807, 2.05) is 45.0 Å². The van der Waals surface area contributed by atoms with Crippen molar-refractivity contribution in [3.05, 3.63) is 63.7 Å². The molecule has 0 saturated heterocycles. The number of aromatic amines is 1. The van der Waals surface area contributed by atoms with Gasteiger partial charge in [-0.25, -0.2) is 4.79 Å². The summed E-state index contributed by atoms with van der Waals surface area (Å²) in [6.45, 7) is 6.09. The summed E-state index contributed by atoms with van der Waals surface area (Å²) in [6.07, 6.45) is 1.73. The molecule has 3 aromatic heterocycles.